The number of ether oxygens (including phenoxy) is 1. The van der Waals surface area contributed by atoms with E-state index in [-0.39, 0.29) is 6.01 Å². The lowest BCUT2D eigenvalue weighted by atomic mass is 9.92. The molecule has 1 fully saturated rings. The third kappa shape index (κ3) is 2.98. The van der Waals surface area contributed by atoms with Crippen molar-refractivity contribution in [3.8, 4) is 6.01 Å². The summed E-state index contributed by atoms with van der Waals surface area (Å²) in [7, 11) is 1.51. The molecule has 0 radical (unpaired) electrons. The molecule has 1 aromatic heterocycles. The van der Waals surface area contributed by atoms with E-state index in [1.54, 1.807) is 0 Å². The van der Waals surface area contributed by atoms with E-state index in [9.17, 15) is 0 Å². The quantitative estimate of drug-likeness (QED) is 0.546. The van der Waals surface area contributed by atoms with Gasteiger partial charge in [-0.25, -0.2) is 5.84 Å². The Balaban J connectivity index is 2.09. The molecular formula is C11H20N6O. The summed E-state index contributed by atoms with van der Waals surface area (Å²) in [5.41, 5.74) is 2.78. The SMILES string of the molecule is COc1nc(NN)nc(NC2CCC(C)(C)C2)n1. The average molecular weight is 252 g/mol. The van der Waals surface area contributed by atoms with Crippen LogP contribution in [0.15, 0.2) is 0 Å². The molecule has 1 unspecified atom stereocenters. The van der Waals surface area contributed by atoms with Crippen molar-refractivity contribution in [1.29, 1.82) is 0 Å². The zero-order chi connectivity index (χ0) is 13.2. The second-order valence-corrected chi connectivity index (χ2v) is 5.36. The van der Waals surface area contributed by atoms with E-state index in [0.717, 1.165) is 12.8 Å². The molecular weight excluding hydrogens is 232 g/mol. The van der Waals surface area contributed by atoms with Crippen LogP contribution in [0.4, 0.5) is 11.9 Å². The van der Waals surface area contributed by atoms with Crippen LogP contribution in [0.1, 0.15) is 33.1 Å². The van der Waals surface area contributed by atoms with Gasteiger partial charge >= 0.3 is 6.01 Å². The molecule has 0 saturated heterocycles. The van der Waals surface area contributed by atoms with Crippen molar-refractivity contribution in [3.05, 3.63) is 0 Å². The molecule has 1 aliphatic rings. The molecule has 0 aromatic carbocycles. The van der Waals surface area contributed by atoms with Gasteiger partial charge in [0.2, 0.25) is 11.9 Å². The second kappa shape index (κ2) is 4.93. The van der Waals surface area contributed by atoms with Gasteiger partial charge in [-0.15, -0.1) is 0 Å². The van der Waals surface area contributed by atoms with Crippen molar-refractivity contribution < 1.29 is 4.74 Å². The maximum absolute atomic E-state index is 5.31. The second-order valence-electron chi connectivity index (χ2n) is 5.36. The summed E-state index contributed by atoms with van der Waals surface area (Å²) >= 11 is 0. The van der Waals surface area contributed by atoms with Crippen molar-refractivity contribution in [3.63, 3.8) is 0 Å². The molecule has 0 amide bonds. The Hall–Kier alpha value is -1.63. The van der Waals surface area contributed by atoms with Crippen molar-refractivity contribution in [2.75, 3.05) is 17.9 Å². The van der Waals surface area contributed by atoms with Crippen LogP contribution in [-0.2, 0) is 0 Å². The molecule has 0 spiro atoms. The number of hydrogen-bond acceptors (Lipinski definition) is 7. The molecule has 7 heteroatoms. The number of hydrogen-bond donors (Lipinski definition) is 3. The van der Waals surface area contributed by atoms with Crippen molar-refractivity contribution in [2.24, 2.45) is 11.3 Å². The number of methoxy groups -OCH3 is 1. The van der Waals surface area contributed by atoms with Gasteiger partial charge in [0, 0.05) is 6.04 Å². The van der Waals surface area contributed by atoms with Gasteiger partial charge in [0.25, 0.3) is 0 Å². The zero-order valence-electron chi connectivity index (χ0n) is 11.0. The first-order chi connectivity index (χ1) is 8.52. The van der Waals surface area contributed by atoms with E-state index in [2.05, 4.69) is 39.5 Å². The third-order valence-corrected chi connectivity index (χ3v) is 3.23. The van der Waals surface area contributed by atoms with Crippen LogP contribution in [0.3, 0.4) is 0 Å². The number of nitrogen functional groups attached to an aromatic ring is 1. The minimum atomic E-state index is 0.248. The summed E-state index contributed by atoms with van der Waals surface area (Å²) in [6.45, 7) is 4.55. The Kier molecular flexibility index (Phi) is 3.51. The lowest BCUT2D eigenvalue weighted by Crippen LogP contribution is -2.21. The summed E-state index contributed by atoms with van der Waals surface area (Å²) in [6.07, 6.45) is 3.42. The van der Waals surface area contributed by atoms with Crippen LogP contribution in [-0.4, -0.2) is 28.1 Å². The molecule has 100 valence electrons. The first-order valence-electron chi connectivity index (χ1n) is 6.05. The Labute approximate surface area is 107 Å². The predicted octanol–water partition coefficient (Wildman–Crippen LogP) is 1.16. The van der Waals surface area contributed by atoms with E-state index < -0.39 is 0 Å². The molecule has 2 rings (SSSR count). The van der Waals surface area contributed by atoms with Gasteiger partial charge in [-0.2, -0.15) is 15.0 Å². The van der Waals surface area contributed by atoms with Gasteiger partial charge in [0.1, 0.15) is 0 Å². The van der Waals surface area contributed by atoms with E-state index in [4.69, 9.17) is 10.6 Å². The summed E-state index contributed by atoms with van der Waals surface area (Å²) in [4.78, 5) is 12.3. The van der Waals surface area contributed by atoms with Crippen molar-refractivity contribution >= 4 is 11.9 Å². The lowest BCUT2D eigenvalue weighted by molar-refractivity contribution is 0.376. The van der Waals surface area contributed by atoms with Gasteiger partial charge in [0.15, 0.2) is 0 Å². The summed E-state index contributed by atoms with van der Waals surface area (Å²) in [5.74, 6) is 6.10. The standard InChI is InChI=1S/C11H20N6O/c1-11(2)5-4-7(6-11)13-8-14-9(17-12)16-10(15-8)18-3/h7H,4-6,12H2,1-3H3,(H2,13,14,15,16,17). The molecule has 1 saturated carbocycles. The maximum Gasteiger partial charge on any atom is 0.322 e. The van der Waals surface area contributed by atoms with Gasteiger partial charge < -0.3 is 10.1 Å². The largest absolute Gasteiger partial charge is 0.467 e. The molecule has 1 atom stereocenters. The van der Waals surface area contributed by atoms with Crippen LogP contribution >= 0.6 is 0 Å². The summed E-state index contributed by atoms with van der Waals surface area (Å²) in [6, 6.07) is 0.635. The first-order valence-corrected chi connectivity index (χ1v) is 6.05. The molecule has 1 aliphatic carbocycles. The Bertz CT molecular complexity index is 400. The molecule has 7 nitrogen and oxygen atoms in total. The third-order valence-electron chi connectivity index (χ3n) is 3.23. The number of anilines is 2. The number of nitrogens with zero attached hydrogens (tertiary/aromatic N) is 3. The molecule has 4 N–H and O–H groups in total. The highest BCUT2D eigenvalue weighted by atomic mass is 16.5. The van der Waals surface area contributed by atoms with E-state index >= 15 is 0 Å². The highest BCUT2D eigenvalue weighted by Crippen LogP contribution is 2.38. The van der Waals surface area contributed by atoms with Crippen molar-refractivity contribution in [2.45, 2.75) is 39.2 Å². The zero-order valence-corrected chi connectivity index (χ0v) is 11.0. The minimum Gasteiger partial charge on any atom is -0.467 e. The maximum atomic E-state index is 5.31. The van der Waals surface area contributed by atoms with Crippen LogP contribution in [0.25, 0.3) is 0 Å². The summed E-state index contributed by atoms with van der Waals surface area (Å²) < 4.78 is 5.00. The highest BCUT2D eigenvalue weighted by molar-refractivity contribution is 5.36. The fourth-order valence-electron chi connectivity index (χ4n) is 2.32. The number of nitrogens with one attached hydrogen (secondary N) is 2. The van der Waals surface area contributed by atoms with Gasteiger partial charge in [-0.05, 0) is 24.7 Å². The molecule has 18 heavy (non-hydrogen) atoms. The lowest BCUT2D eigenvalue weighted by Gasteiger charge is -2.18. The molecule has 0 aliphatic heterocycles. The first kappa shape index (κ1) is 12.8. The average Bonchev–Trinajstić information content (AvgIpc) is 2.68. The predicted molar refractivity (Wildman–Crippen MR) is 69.2 cm³/mol. The number of nitrogens with two attached hydrogens (primary N) is 1. The summed E-state index contributed by atoms with van der Waals surface area (Å²) in [5, 5.41) is 3.31. The minimum absolute atomic E-state index is 0.248. The normalized spacial score (nSPS) is 21.7. The van der Waals surface area contributed by atoms with Crippen molar-refractivity contribution in [1.82, 2.24) is 15.0 Å². The number of rotatable bonds is 4. The van der Waals surface area contributed by atoms with Crippen LogP contribution in [0.5, 0.6) is 6.01 Å². The Morgan fingerprint density at radius 1 is 1.28 bits per heavy atom. The smallest absolute Gasteiger partial charge is 0.322 e. The number of aromatic nitrogens is 3. The number of hydrazine groups is 1. The topological polar surface area (TPSA) is 98.0 Å². The molecule has 1 aromatic rings. The van der Waals surface area contributed by atoms with E-state index in [1.807, 2.05) is 0 Å². The van der Waals surface area contributed by atoms with Gasteiger partial charge in [-0.1, -0.05) is 13.8 Å². The van der Waals surface area contributed by atoms with Gasteiger partial charge in [-0.3, -0.25) is 5.43 Å². The fraction of sp³-hybridized carbons (Fsp3) is 0.727. The Morgan fingerprint density at radius 2 is 2.00 bits per heavy atom. The molecule has 1 heterocycles. The van der Waals surface area contributed by atoms with Crippen LogP contribution < -0.4 is 21.3 Å². The monoisotopic (exact) mass is 252 g/mol. The fourth-order valence-corrected chi connectivity index (χ4v) is 2.32. The van der Waals surface area contributed by atoms with Crippen LogP contribution in [0, 0.1) is 5.41 Å². The Morgan fingerprint density at radius 3 is 2.56 bits per heavy atom. The van der Waals surface area contributed by atoms with Crippen LogP contribution in [0.2, 0.25) is 0 Å². The van der Waals surface area contributed by atoms with E-state index in [0.29, 0.717) is 23.4 Å². The highest BCUT2D eigenvalue weighted by Gasteiger charge is 2.31. The molecule has 0 bridgehead atoms. The van der Waals surface area contributed by atoms with E-state index in [1.165, 1.54) is 13.5 Å². The van der Waals surface area contributed by atoms with Gasteiger partial charge in [0.05, 0.1) is 7.11 Å².